The summed E-state index contributed by atoms with van der Waals surface area (Å²) in [7, 11) is 0. The van der Waals surface area contributed by atoms with E-state index in [1.165, 1.54) is 11.0 Å². The molecule has 10 heteroatoms. The van der Waals surface area contributed by atoms with Crippen LogP contribution in [-0.4, -0.2) is 61.2 Å². The van der Waals surface area contributed by atoms with Gasteiger partial charge in [0.1, 0.15) is 12.9 Å². The van der Waals surface area contributed by atoms with E-state index in [1.807, 2.05) is 18.3 Å². The number of likely N-dealkylation sites (tertiary alicyclic amines) is 1. The second-order valence-corrected chi connectivity index (χ2v) is 8.57. The van der Waals surface area contributed by atoms with E-state index in [9.17, 15) is 9.59 Å². The molecule has 0 aromatic carbocycles. The van der Waals surface area contributed by atoms with Crippen LogP contribution in [0.25, 0.3) is 5.82 Å². The molecule has 162 valence electrons. The fourth-order valence-corrected chi connectivity index (χ4v) is 4.85. The van der Waals surface area contributed by atoms with Crippen LogP contribution in [0.1, 0.15) is 44.6 Å². The Balaban J connectivity index is 1.15. The van der Waals surface area contributed by atoms with Crippen molar-refractivity contribution in [3.63, 3.8) is 0 Å². The Morgan fingerprint density at radius 3 is 2.71 bits per heavy atom. The molecule has 3 aliphatic rings. The molecule has 2 aromatic heterocycles. The van der Waals surface area contributed by atoms with Crippen LogP contribution in [0.3, 0.4) is 0 Å². The van der Waals surface area contributed by atoms with Crippen molar-refractivity contribution < 1.29 is 14.3 Å². The SMILES string of the molecule is CC1=C(N2CC[C@]3(CC[C@@H](NCc4ccc(-n5cnnn5)nc4)CC3)C2=O)COC1=O. The van der Waals surface area contributed by atoms with Crippen LogP contribution in [0.5, 0.6) is 0 Å². The summed E-state index contributed by atoms with van der Waals surface area (Å²) < 4.78 is 6.62. The van der Waals surface area contributed by atoms with Crippen molar-refractivity contribution in [2.45, 2.75) is 51.6 Å². The Hall–Kier alpha value is -3.14. The Labute approximate surface area is 179 Å². The predicted octanol–water partition coefficient (Wildman–Crippen LogP) is 1.14. The van der Waals surface area contributed by atoms with Gasteiger partial charge in [-0.15, -0.1) is 5.10 Å². The van der Waals surface area contributed by atoms with Crippen molar-refractivity contribution in [1.29, 1.82) is 0 Å². The highest BCUT2D eigenvalue weighted by molar-refractivity contribution is 5.94. The number of carbonyl (C=O) groups is 2. The van der Waals surface area contributed by atoms with Gasteiger partial charge in [0.25, 0.3) is 0 Å². The molecule has 31 heavy (non-hydrogen) atoms. The lowest BCUT2D eigenvalue weighted by atomic mass is 9.71. The van der Waals surface area contributed by atoms with Gasteiger partial charge in [-0.2, -0.15) is 4.68 Å². The number of cyclic esters (lactones) is 1. The molecule has 10 nitrogen and oxygen atoms in total. The first kappa shape index (κ1) is 19.8. The molecule has 1 saturated heterocycles. The number of hydrogen-bond donors (Lipinski definition) is 1. The molecule has 2 aromatic rings. The van der Waals surface area contributed by atoms with Gasteiger partial charge in [0.2, 0.25) is 5.91 Å². The minimum absolute atomic E-state index is 0.168. The zero-order valence-electron chi connectivity index (χ0n) is 17.5. The van der Waals surface area contributed by atoms with Crippen LogP contribution in [0.15, 0.2) is 35.9 Å². The molecule has 1 N–H and O–H groups in total. The molecule has 2 aliphatic heterocycles. The van der Waals surface area contributed by atoms with E-state index >= 15 is 0 Å². The zero-order chi connectivity index (χ0) is 21.4. The number of aromatic nitrogens is 5. The first-order valence-electron chi connectivity index (χ1n) is 10.7. The van der Waals surface area contributed by atoms with Crippen molar-refractivity contribution in [1.82, 2.24) is 35.4 Å². The van der Waals surface area contributed by atoms with E-state index in [-0.39, 0.29) is 23.9 Å². The summed E-state index contributed by atoms with van der Waals surface area (Å²) in [5.41, 5.74) is 2.13. The van der Waals surface area contributed by atoms with Crippen LogP contribution in [0.2, 0.25) is 0 Å². The standard InChI is InChI=1S/C21H25N7O3/c1-14-17(12-31-19(14)29)27-9-8-21(20(27)30)6-4-16(5-7-21)22-10-15-2-3-18(23-11-15)28-13-24-25-26-28/h2-3,11,13,16,22H,4-10,12H2,1H3/t16-,21-. The average molecular weight is 423 g/mol. The second-order valence-electron chi connectivity index (χ2n) is 8.57. The van der Waals surface area contributed by atoms with Crippen molar-refractivity contribution >= 4 is 11.9 Å². The first-order valence-corrected chi connectivity index (χ1v) is 10.7. The maximum atomic E-state index is 13.2. The largest absolute Gasteiger partial charge is 0.456 e. The normalized spacial score (nSPS) is 26.2. The van der Waals surface area contributed by atoms with Crippen LogP contribution < -0.4 is 5.32 Å². The van der Waals surface area contributed by atoms with Gasteiger partial charge in [-0.05, 0) is 61.1 Å². The second kappa shape index (κ2) is 7.84. The predicted molar refractivity (Wildman–Crippen MR) is 108 cm³/mol. The highest BCUT2D eigenvalue weighted by Gasteiger charge is 2.50. The quantitative estimate of drug-likeness (QED) is 0.712. The molecule has 5 rings (SSSR count). The highest BCUT2D eigenvalue weighted by Crippen LogP contribution is 2.46. The number of nitrogens with one attached hydrogen (secondary N) is 1. The molecule has 1 aliphatic carbocycles. The third-order valence-corrected chi connectivity index (χ3v) is 6.85. The zero-order valence-corrected chi connectivity index (χ0v) is 17.5. The van der Waals surface area contributed by atoms with Gasteiger partial charge in [-0.1, -0.05) is 6.07 Å². The van der Waals surface area contributed by atoms with Crippen LogP contribution in [0, 0.1) is 5.41 Å². The smallest absolute Gasteiger partial charge is 0.336 e. The fourth-order valence-electron chi connectivity index (χ4n) is 4.85. The molecular weight excluding hydrogens is 398 g/mol. The third-order valence-electron chi connectivity index (χ3n) is 6.85. The minimum atomic E-state index is -0.308. The molecule has 2 fully saturated rings. The number of ether oxygens (including phenoxy) is 1. The van der Waals surface area contributed by atoms with Crippen LogP contribution in [-0.2, 0) is 20.9 Å². The van der Waals surface area contributed by atoms with Gasteiger partial charge in [0, 0.05) is 25.3 Å². The molecule has 0 atom stereocenters. The summed E-state index contributed by atoms with van der Waals surface area (Å²) in [6.45, 7) is 3.37. The molecule has 0 radical (unpaired) electrons. The topological polar surface area (TPSA) is 115 Å². The fraction of sp³-hybridized carbons (Fsp3) is 0.524. The summed E-state index contributed by atoms with van der Waals surface area (Å²) in [6.07, 6.45) is 7.86. The highest BCUT2D eigenvalue weighted by atomic mass is 16.5. The van der Waals surface area contributed by atoms with Gasteiger partial charge in [-0.3, -0.25) is 4.79 Å². The van der Waals surface area contributed by atoms with Gasteiger partial charge >= 0.3 is 5.97 Å². The Kier molecular flexibility index (Phi) is 5.01. The lowest BCUT2D eigenvalue weighted by Crippen LogP contribution is -2.42. The molecular formula is C21H25N7O3. The van der Waals surface area contributed by atoms with Crippen LogP contribution in [0.4, 0.5) is 0 Å². The number of carbonyl (C=O) groups excluding carboxylic acids is 2. The van der Waals surface area contributed by atoms with E-state index in [0.29, 0.717) is 24.0 Å². The molecule has 1 spiro atoms. The van der Waals surface area contributed by atoms with Crippen molar-refractivity contribution in [3.05, 3.63) is 41.5 Å². The lowest BCUT2D eigenvalue weighted by Gasteiger charge is -2.36. The van der Waals surface area contributed by atoms with E-state index in [0.717, 1.165) is 49.9 Å². The number of hydrogen-bond acceptors (Lipinski definition) is 8. The summed E-state index contributed by atoms with van der Waals surface area (Å²) in [5.74, 6) is 0.537. The summed E-state index contributed by atoms with van der Waals surface area (Å²) in [6, 6.07) is 4.29. The lowest BCUT2D eigenvalue weighted by molar-refractivity contribution is -0.138. The van der Waals surface area contributed by atoms with Gasteiger partial charge < -0.3 is 15.0 Å². The molecule has 1 saturated carbocycles. The maximum absolute atomic E-state index is 13.2. The number of pyridine rings is 1. The minimum Gasteiger partial charge on any atom is -0.456 e. The van der Waals surface area contributed by atoms with E-state index in [2.05, 4.69) is 25.8 Å². The summed E-state index contributed by atoms with van der Waals surface area (Å²) >= 11 is 0. The van der Waals surface area contributed by atoms with Crippen molar-refractivity contribution in [3.8, 4) is 5.82 Å². The van der Waals surface area contributed by atoms with Crippen molar-refractivity contribution in [2.75, 3.05) is 13.2 Å². The maximum Gasteiger partial charge on any atom is 0.336 e. The van der Waals surface area contributed by atoms with Crippen molar-refractivity contribution in [2.24, 2.45) is 5.41 Å². The third kappa shape index (κ3) is 3.60. The molecule has 0 unspecified atom stereocenters. The average Bonchev–Trinajstić information content (AvgIpc) is 3.51. The Morgan fingerprint density at radius 2 is 2.06 bits per heavy atom. The number of tetrazole rings is 1. The Morgan fingerprint density at radius 1 is 1.23 bits per heavy atom. The summed E-state index contributed by atoms with van der Waals surface area (Å²) in [4.78, 5) is 31.1. The van der Waals surface area contributed by atoms with E-state index < -0.39 is 0 Å². The molecule has 4 heterocycles. The number of rotatable bonds is 5. The number of esters is 1. The van der Waals surface area contributed by atoms with E-state index in [1.54, 1.807) is 11.8 Å². The molecule has 1 amide bonds. The van der Waals surface area contributed by atoms with Gasteiger partial charge in [-0.25, -0.2) is 9.78 Å². The first-order chi connectivity index (χ1) is 15.1. The number of nitrogens with zero attached hydrogens (tertiary/aromatic N) is 6. The Bertz CT molecular complexity index is 1010. The summed E-state index contributed by atoms with van der Waals surface area (Å²) in [5, 5.41) is 14.7. The molecule has 0 bridgehead atoms. The van der Waals surface area contributed by atoms with Gasteiger partial charge in [0.15, 0.2) is 5.82 Å². The van der Waals surface area contributed by atoms with E-state index in [4.69, 9.17) is 4.74 Å². The van der Waals surface area contributed by atoms with Crippen LogP contribution >= 0.6 is 0 Å². The van der Waals surface area contributed by atoms with Gasteiger partial charge in [0.05, 0.1) is 16.7 Å². The number of amides is 1. The monoisotopic (exact) mass is 423 g/mol.